The van der Waals surface area contributed by atoms with Gasteiger partial charge in [0.05, 0.1) is 0 Å². The highest BCUT2D eigenvalue weighted by molar-refractivity contribution is 8.11. The summed E-state index contributed by atoms with van der Waals surface area (Å²) < 4.78 is 0. The van der Waals surface area contributed by atoms with E-state index in [1.54, 1.807) is 0 Å². The van der Waals surface area contributed by atoms with E-state index >= 15 is 0 Å². The second-order valence-corrected chi connectivity index (χ2v) is 8.82. The molecule has 0 amide bonds. The molecule has 0 aromatic carbocycles. The molecule has 0 nitrogen and oxygen atoms in total. The van der Waals surface area contributed by atoms with Crippen molar-refractivity contribution >= 4 is 47.0 Å². The molecule has 0 spiro atoms. The minimum absolute atomic E-state index is 1.00. The van der Waals surface area contributed by atoms with Gasteiger partial charge in [0, 0.05) is 38.8 Å². The number of rotatable bonds is 7. The lowest BCUT2D eigenvalue weighted by Crippen LogP contribution is -2.22. The van der Waals surface area contributed by atoms with Gasteiger partial charge in [0.1, 0.15) is 0 Å². The predicted octanol–water partition coefficient (Wildman–Crippen LogP) is 3.46. The SMILES string of the molecule is CCCSCC1SC1CSC1CSC1. The molecule has 0 aromatic rings. The van der Waals surface area contributed by atoms with Crippen LogP contribution in [0.3, 0.4) is 0 Å². The van der Waals surface area contributed by atoms with Gasteiger partial charge in [-0.15, -0.1) is 0 Å². The third-order valence-electron chi connectivity index (χ3n) is 2.42. The topological polar surface area (TPSA) is 0 Å². The molecule has 2 heterocycles. The van der Waals surface area contributed by atoms with E-state index < -0.39 is 0 Å². The molecule has 2 unspecified atom stereocenters. The first-order valence-electron chi connectivity index (χ1n) is 5.32. The third-order valence-corrected chi connectivity index (χ3v) is 8.57. The molecule has 2 saturated heterocycles. The fraction of sp³-hybridized carbons (Fsp3) is 1.00. The van der Waals surface area contributed by atoms with Crippen molar-refractivity contribution in [1.29, 1.82) is 0 Å². The fourth-order valence-corrected chi connectivity index (χ4v) is 6.69. The molecule has 82 valence electrons. The summed E-state index contributed by atoms with van der Waals surface area (Å²) in [7, 11) is 0. The number of hydrogen-bond donors (Lipinski definition) is 0. The summed E-state index contributed by atoms with van der Waals surface area (Å²) in [5.74, 6) is 7.02. The van der Waals surface area contributed by atoms with Crippen LogP contribution >= 0.6 is 47.0 Å². The molecule has 0 N–H and O–H groups in total. The van der Waals surface area contributed by atoms with Crippen molar-refractivity contribution in [2.45, 2.75) is 29.1 Å². The summed E-state index contributed by atoms with van der Waals surface area (Å²) in [5, 5.41) is 3.02. The van der Waals surface area contributed by atoms with Gasteiger partial charge in [0.2, 0.25) is 0 Å². The lowest BCUT2D eigenvalue weighted by Gasteiger charge is -2.23. The van der Waals surface area contributed by atoms with Gasteiger partial charge in [-0.3, -0.25) is 0 Å². The van der Waals surface area contributed by atoms with Gasteiger partial charge in [-0.25, -0.2) is 0 Å². The Kier molecular flexibility index (Phi) is 5.27. The summed E-state index contributed by atoms with van der Waals surface area (Å²) in [6.07, 6.45) is 1.33. The Morgan fingerprint density at radius 3 is 2.64 bits per heavy atom. The van der Waals surface area contributed by atoms with Crippen molar-refractivity contribution in [1.82, 2.24) is 0 Å². The first-order chi connectivity index (χ1) is 6.90. The zero-order chi connectivity index (χ0) is 9.80. The van der Waals surface area contributed by atoms with E-state index in [1.807, 2.05) is 0 Å². The van der Waals surface area contributed by atoms with Gasteiger partial charge in [0.25, 0.3) is 0 Å². The summed E-state index contributed by atoms with van der Waals surface area (Å²) in [6.45, 7) is 2.27. The molecule has 14 heavy (non-hydrogen) atoms. The average Bonchev–Trinajstić information content (AvgIpc) is 2.82. The molecule has 0 radical (unpaired) electrons. The maximum absolute atomic E-state index is 2.27. The Morgan fingerprint density at radius 2 is 2.00 bits per heavy atom. The first-order valence-corrected chi connectivity index (χ1v) is 9.62. The Morgan fingerprint density at radius 1 is 1.21 bits per heavy atom. The molecule has 2 aliphatic heterocycles. The molecule has 4 heteroatoms. The largest absolute Gasteiger partial charge is 0.161 e. The highest BCUT2D eigenvalue weighted by atomic mass is 32.2. The van der Waals surface area contributed by atoms with E-state index in [0.717, 1.165) is 15.7 Å². The van der Waals surface area contributed by atoms with E-state index in [1.165, 1.54) is 35.2 Å². The van der Waals surface area contributed by atoms with Crippen LogP contribution in [0.15, 0.2) is 0 Å². The van der Waals surface area contributed by atoms with Crippen LogP contribution in [-0.4, -0.2) is 44.5 Å². The minimum Gasteiger partial charge on any atom is -0.161 e. The summed E-state index contributed by atoms with van der Waals surface area (Å²) in [4.78, 5) is 0. The van der Waals surface area contributed by atoms with Crippen LogP contribution in [0.4, 0.5) is 0 Å². The Hall–Kier alpha value is 1.40. The molecule has 0 saturated carbocycles. The maximum Gasteiger partial charge on any atom is 0.0268 e. The smallest absolute Gasteiger partial charge is 0.0268 e. The Bertz CT molecular complexity index is 170. The zero-order valence-corrected chi connectivity index (χ0v) is 11.9. The first kappa shape index (κ1) is 11.9. The van der Waals surface area contributed by atoms with Crippen LogP contribution in [0.1, 0.15) is 13.3 Å². The van der Waals surface area contributed by atoms with Gasteiger partial charge in [0.15, 0.2) is 0 Å². The normalized spacial score (nSPS) is 31.5. The van der Waals surface area contributed by atoms with Crippen LogP contribution < -0.4 is 0 Å². The van der Waals surface area contributed by atoms with Gasteiger partial charge >= 0.3 is 0 Å². The van der Waals surface area contributed by atoms with Crippen molar-refractivity contribution in [3.05, 3.63) is 0 Å². The van der Waals surface area contributed by atoms with Crippen LogP contribution in [0.2, 0.25) is 0 Å². The third kappa shape index (κ3) is 3.76. The van der Waals surface area contributed by atoms with Crippen molar-refractivity contribution in [3.63, 3.8) is 0 Å². The number of hydrogen-bond acceptors (Lipinski definition) is 4. The standard InChI is InChI=1S/C10H18S4/c1-2-3-11-6-9-10(14-9)7-13-8-4-12-5-8/h8-10H,2-7H2,1H3. The van der Waals surface area contributed by atoms with Gasteiger partial charge in [-0.2, -0.15) is 47.0 Å². The van der Waals surface area contributed by atoms with Crippen LogP contribution in [-0.2, 0) is 0 Å². The summed E-state index contributed by atoms with van der Waals surface area (Å²) in [6, 6.07) is 0. The second-order valence-electron chi connectivity index (χ2n) is 3.78. The molecule has 0 bridgehead atoms. The second kappa shape index (κ2) is 6.21. The van der Waals surface area contributed by atoms with E-state index in [4.69, 9.17) is 0 Å². The van der Waals surface area contributed by atoms with Crippen molar-refractivity contribution in [3.8, 4) is 0 Å². The molecule has 2 rings (SSSR count). The molecular formula is C10H18S4. The minimum atomic E-state index is 1.00. The van der Waals surface area contributed by atoms with Gasteiger partial charge < -0.3 is 0 Å². The molecule has 0 aromatic heterocycles. The van der Waals surface area contributed by atoms with Crippen molar-refractivity contribution in [2.75, 3.05) is 28.8 Å². The van der Waals surface area contributed by atoms with Crippen LogP contribution in [0.5, 0.6) is 0 Å². The highest BCUT2D eigenvalue weighted by Crippen LogP contribution is 2.46. The van der Waals surface area contributed by atoms with Crippen LogP contribution in [0.25, 0.3) is 0 Å². The fourth-order valence-electron chi connectivity index (χ4n) is 1.36. The van der Waals surface area contributed by atoms with Gasteiger partial charge in [-0.1, -0.05) is 6.92 Å². The lowest BCUT2D eigenvalue weighted by molar-refractivity contribution is 1.04. The summed E-state index contributed by atoms with van der Waals surface area (Å²) in [5.41, 5.74) is 0. The van der Waals surface area contributed by atoms with E-state index in [9.17, 15) is 0 Å². The van der Waals surface area contributed by atoms with E-state index in [0.29, 0.717) is 0 Å². The highest BCUT2D eigenvalue weighted by Gasteiger charge is 2.38. The van der Waals surface area contributed by atoms with Crippen molar-refractivity contribution < 1.29 is 0 Å². The monoisotopic (exact) mass is 266 g/mol. The lowest BCUT2D eigenvalue weighted by atomic mass is 10.4. The van der Waals surface area contributed by atoms with E-state index in [-0.39, 0.29) is 0 Å². The van der Waals surface area contributed by atoms with E-state index in [2.05, 4.69) is 54.0 Å². The Balaban J connectivity index is 1.45. The quantitative estimate of drug-likeness (QED) is 0.511. The molecular weight excluding hydrogens is 248 g/mol. The average molecular weight is 267 g/mol. The predicted molar refractivity (Wildman–Crippen MR) is 76.4 cm³/mol. The Labute approximate surface area is 105 Å². The zero-order valence-electron chi connectivity index (χ0n) is 8.61. The summed E-state index contributed by atoms with van der Waals surface area (Å²) >= 11 is 8.69. The number of thioether (sulfide) groups is 4. The van der Waals surface area contributed by atoms with Crippen LogP contribution in [0, 0.1) is 0 Å². The van der Waals surface area contributed by atoms with Crippen molar-refractivity contribution in [2.24, 2.45) is 0 Å². The molecule has 2 fully saturated rings. The maximum atomic E-state index is 2.27. The molecule has 0 aliphatic carbocycles. The molecule has 2 aliphatic rings. The van der Waals surface area contributed by atoms with Gasteiger partial charge in [-0.05, 0) is 12.2 Å². The molecule has 2 atom stereocenters.